The van der Waals surface area contributed by atoms with Crippen LogP contribution in [0.1, 0.15) is 18.1 Å². The molecular formula is C10H11F2NO3. The van der Waals surface area contributed by atoms with E-state index in [0.717, 1.165) is 12.1 Å². The van der Waals surface area contributed by atoms with Gasteiger partial charge in [-0.1, -0.05) is 12.1 Å². The van der Waals surface area contributed by atoms with Gasteiger partial charge in [0.05, 0.1) is 12.5 Å². The van der Waals surface area contributed by atoms with Gasteiger partial charge >= 0.3 is 0 Å². The van der Waals surface area contributed by atoms with Crippen LogP contribution in [0, 0.1) is 11.6 Å². The molecule has 6 heteroatoms. The molecule has 1 aromatic rings. The van der Waals surface area contributed by atoms with Crippen LogP contribution in [0.15, 0.2) is 18.2 Å². The fraction of sp³-hybridized carbons (Fsp3) is 0.300. The molecule has 1 rings (SSSR count). The van der Waals surface area contributed by atoms with E-state index in [9.17, 15) is 23.8 Å². The predicted octanol–water partition coefficient (Wildman–Crippen LogP) is 0.234. The summed E-state index contributed by atoms with van der Waals surface area (Å²) in [6.45, 7) is 0. The first-order valence-electron chi connectivity index (χ1n) is 4.51. The van der Waals surface area contributed by atoms with Crippen LogP contribution in [0.3, 0.4) is 0 Å². The molecule has 0 saturated heterocycles. The Labute approximate surface area is 90.3 Å². The number of amides is 1. The van der Waals surface area contributed by atoms with Crippen molar-refractivity contribution in [2.75, 3.05) is 0 Å². The van der Waals surface area contributed by atoms with Crippen molar-refractivity contribution in [1.29, 1.82) is 0 Å². The first kappa shape index (κ1) is 12.5. The van der Waals surface area contributed by atoms with Gasteiger partial charge in [0.25, 0.3) is 0 Å². The summed E-state index contributed by atoms with van der Waals surface area (Å²) in [6.07, 6.45) is -3.78. The van der Waals surface area contributed by atoms with E-state index in [-0.39, 0.29) is 0 Å². The van der Waals surface area contributed by atoms with E-state index in [2.05, 4.69) is 0 Å². The molecule has 0 radical (unpaired) electrons. The van der Waals surface area contributed by atoms with Crippen LogP contribution in [0.2, 0.25) is 0 Å². The summed E-state index contributed by atoms with van der Waals surface area (Å²) < 4.78 is 26.0. The molecule has 1 amide bonds. The molecule has 0 fully saturated rings. The average Bonchev–Trinajstić information content (AvgIpc) is 2.20. The van der Waals surface area contributed by atoms with E-state index >= 15 is 0 Å². The van der Waals surface area contributed by atoms with E-state index < -0.39 is 41.7 Å². The number of rotatable bonds is 4. The van der Waals surface area contributed by atoms with E-state index in [1.165, 1.54) is 6.07 Å². The van der Waals surface area contributed by atoms with Gasteiger partial charge < -0.3 is 15.9 Å². The number of primary amides is 1. The summed E-state index contributed by atoms with van der Waals surface area (Å²) in [4.78, 5) is 10.5. The number of hydrogen-bond acceptors (Lipinski definition) is 3. The van der Waals surface area contributed by atoms with Gasteiger partial charge in [-0.3, -0.25) is 4.79 Å². The fourth-order valence-corrected chi connectivity index (χ4v) is 1.27. The third-order valence-corrected chi connectivity index (χ3v) is 2.07. The number of benzene rings is 1. The number of hydrogen-bond donors (Lipinski definition) is 3. The van der Waals surface area contributed by atoms with Crippen molar-refractivity contribution in [2.24, 2.45) is 5.73 Å². The van der Waals surface area contributed by atoms with Crippen LogP contribution in [-0.2, 0) is 4.79 Å². The lowest BCUT2D eigenvalue weighted by Gasteiger charge is -2.17. The Bertz CT molecular complexity index is 398. The van der Waals surface area contributed by atoms with Crippen molar-refractivity contribution in [2.45, 2.75) is 18.6 Å². The number of carbonyl (C=O) groups excluding carboxylic acids is 1. The van der Waals surface area contributed by atoms with Crippen LogP contribution >= 0.6 is 0 Å². The molecule has 2 atom stereocenters. The minimum absolute atomic E-state index is 0.409. The maximum Gasteiger partial charge on any atom is 0.220 e. The summed E-state index contributed by atoms with van der Waals surface area (Å²) in [5.74, 6) is -3.23. The molecule has 1 aromatic carbocycles. The topological polar surface area (TPSA) is 83.6 Å². The molecule has 4 N–H and O–H groups in total. The van der Waals surface area contributed by atoms with Crippen molar-refractivity contribution >= 4 is 5.91 Å². The van der Waals surface area contributed by atoms with Crippen LogP contribution < -0.4 is 5.73 Å². The van der Waals surface area contributed by atoms with Crippen LogP contribution in [0.4, 0.5) is 8.78 Å². The molecule has 0 bridgehead atoms. The average molecular weight is 231 g/mol. The molecule has 88 valence electrons. The van der Waals surface area contributed by atoms with Crippen molar-refractivity contribution in [3.05, 3.63) is 35.4 Å². The lowest BCUT2D eigenvalue weighted by atomic mass is 10.0. The highest BCUT2D eigenvalue weighted by Gasteiger charge is 2.24. The Balaban J connectivity index is 2.91. The number of nitrogens with two attached hydrogens (primary N) is 1. The zero-order chi connectivity index (χ0) is 12.3. The summed E-state index contributed by atoms with van der Waals surface area (Å²) in [7, 11) is 0. The van der Waals surface area contributed by atoms with E-state index in [1.807, 2.05) is 0 Å². The molecule has 0 spiro atoms. The second-order valence-electron chi connectivity index (χ2n) is 3.33. The van der Waals surface area contributed by atoms with Crippen molar-refractivity contribution in [1.82, 2.24) is 0 Å². The van der Waals surface area contributed by atoms with Crippen molar-refractivity contribution in [3.8, 4) is 0 Å². The largest absolute Gasteiger partial charge is 0.390 e. The molecule has 0 heterocycles. The van der Waals surface area contributed by atoms with Gasteiger partial charge in [-0.2, -0.15) is 0 Å². The normalized spacial score (nSPS) is 14.5. The minimum Gasteiger partial charge on any atom is -0.390 e. The van der Waals surface area contributed by atoms with Crippen molar-refractivity contribution < 1.29 is 23.8 Å². The third kappa shape index (κ3) is 2.74. The van der Waals surface area contributed by atoms with E-state index in [4.69, 9.17) is 5.73 Å². The quantitative estimate of drug-likeness (QED) is 0.693. The lowest BCUT2D eigenvalue weighted by molar-refractivity contribution is -0.121. The molecule has 16 heavy (non-hydrogen) atoms. The zero-order valence-electron chi connectivity index (χ0n) is 8.23. The van der Waals surface area contributed by atoms with E-state index in [1.54, 1.807) is 0 Å². The third-order valence-electron chi connectivity index (χ3n) is 2.07. The molecule has 0 aliphatic carbocycles. The molecule has 0 saturated carbocycles. The Morgan fingerprint density at radius 3 is 2.56 bits per heavy atom. The second-order valence-corrected chi connectivity index (χ2v) is 3.33. The number of carbonyl (C=O) groups is 1. The molecule has 4 nitrogen and oxygen atoms in total. The highest BCUT2D eigenvalue weighted by molar-refractivity contribution is 5.74. The second kappa shape index (κ2) is 5.00. The Kier molecular flexibility index (Phi) is 3.92. The summed E-state index contributed by atoms with van der Waals surface area (Å²) in [5, 5.41) is 18.8. The predicted molar refractivity (Wildman–Crippen MR) is 51.1 cm³/mol. The Morgan fingerprint density at radius 1 is 1.38 bits per heavy atom. The van der Waals surface area contributed by atoms with E-state index in [0.29, 0.717) is 0 Å². The summed E-state index contributed by atoms with van der Waals surface area (Å²) in [5.41, 5.74) is 4.39. The Hall–Kier alpha value is -1.53. The molecular weight excluding hydrogens is 220 g/mol. The van der Waals surface area contributed by atoms with Crippen LogP contribution in [0.25, 0.3) is 0 Å². The maximum atomic E-state index is 13.2. The molecule has 0 aromatic heterocycles. The van der Waals surface area contributed by atoms with Crippen LogP contribution in [-0.4, -0.2) is 22.2 Å². The monoisotopic (exact) mass is 231 g/mol. The Morgan fingerprint density at radius 2 is 2.00 bits per heavy atom. The lowest BCUT2D eigenvalue weighted by Crippen LogP contribution is -2.26. The highest BCUT2D eigenvalue weighted by atomic mass is 19.2. The maximum absolute atomic E-state index is 13.2. The van der Waals surface area contributed by atoms with Gasteiger partial charge in [-0.25, -0.2) is 8.78 Å². The minimum atomic E-state index is -1.69. The fourth-order valence-electron chi connectivity index (χ4n) is 1.27. The number of halogens is 2. The smallest absolute Gasteiger partial charge is 0.220 e. The molecule has 0 aliphatic heterocycles. The SMILES string of the molecule is NC(=O)CC(O)C(O)c1cccc(F)c1F. The van der Waals surface area contributed by atoms with Crippen LogP contribution in [0.5, 0.6) is 0 Å². The zero-order valence-corrected chi connectivity index (χ0v) is 8.23. The van der Waals surface area contributed by atoms with Gasteiger partial charge in [0.2, 0.25) is 5.91 Å². The van der Waals surface area contributed by atoms with Gasteiger partial charge in [-0.15, -0.1) is 0 Å². The summed E-state index contributed by atoms with van der Waals surface area (Å²) in [6, 6.07) is 3.19. The summed E-state index contributed by atoms with van der Waals surface area (Å²) >= 11 is 0. The van der Waals surface area contributed by atoms with Gasteiger partial charge in [0.1, 0.15) is 6.10 Å². The highest BCUT2D eigenvalue weighted by Crippen LogP contribution is 2.23. The standard InChI is InChI=1S/C10H11F2NO3/c11-6-3-1-2-5(9(6)12)10(16)7(14)4-8(13)15/h1-3,7,10,14,16H,4H2,(H2,13,15). The number of aliphatic hydroxyl groups is 2. The van der Waals surface area contributed by atoms with Crippen molar-refractivity contribution in [3.63, 3.8) is 0 Å². The van der Waals surface area contributed by atoms with Gasteiger partial charge in [0, 0.05) is 5.56 Å². The van der Waals surface area contributed by atoms with Gasteiger partial charge in [-0.05, 0) is 6.07 Å². The molecule has 0 aliphatic rings. The first-order chi connectivity index (χ1) is 7.43. The first-order valence-corrected chi connectivity index (χ1v) is 4.51. The number of aliphatic hydroxyl groups excluding tert-OH is 2. The van der Waals surface area contributed by atoms with Gasteiger partial charge in [0.15, 0.2) is 11.6 Å². The molecule has 2 unspecified atom stereocenters.